The number of benzene rings is 2. The van der Waals surface area contributed by atoms with E-state index < -0.39 is 0 Å². The minimum atomic E-state index is -0.336. The first-order valence-corrected chi connectivity index (χ1v) is 14.1. The van der Waals surface area contributed by atoms with Crippen LogP contribution in [0.1, 0.15) is 35.4 Å². The number of nitrogens with zero attached hydrogens (tertiary/aromatic N) is 9. The molecule has 0 saturated carbocycles. The van der Waals surface area contributed by atoms with Crippen molar-refractivity contribution in [2.75, 3.05) is 25.4 Å². The van der Waals surface area contributed by atoms with Crippen molar-refractivity contribution in [2.45, 2.75) is 31.8 Å². The van der Waals surface area contributed by atoms with Gasteiger partial charge in [-0.2, -0.15) is 10.4 Å². The smallest absolute Gasteiger partial charge is 0.222 e. The number of aromatic nitrogens is 6. The number of nitriles is 1. The maximum atomic E-state index is 15.4. The Labute approximate surface area is 246 Å². The Kier molecular flexibility index (Phi) is 6.71. The van der Waals surface area contributed by atoms with Crippen molar-refractivity contribution in [1.29, 1.82) is 5.26 Å². The monoisotopic (exact) mass is 574 g/mol. The lowest BCUT2D eigenvalue weighted by Gasteiger charge is -2.37. The molecule has 0 aliphatic carbocycles. The number of hydrogen-bond donors (Lipinski definition) is 1. The van der Waals surface area contributed by atoms with Crippen LogP contribution >= 0.6 is 0 Å². The predicted molar refractivity (Wildman–Crippen MR) is 156 cm³/mol. The average Bonchev–Trinajstić information content (AvgIpc) is 3.62. The second-order valence-corrected chi connectivity index (χ2v) is 10.8. The molecule has 0 spiro atoms. The maximum Gasteiger partial charge on any atom is 0.222 e. The van der Waals surface area contributed by atoms with Crippen LogP contribution in [0.5, 0.6) is 0 Å². The number of amides is 1. The summed E-state index contributed by atoms with van der Waals surface area (Å²) in [6.07, 6.45) is 4.62. The Hall–Kier alpha value is -5.28. The molecule has 3 aromatic heterocycles. The summed E-state index contributed by atoms with van der Waals surface area (Å²) >= 11 is 0. The second-order valence-electron chi connectivity index (χ2n) is 10.8. The predicted octanol–water partition coefficient (Wildman–Crippen LogP) is 3.24. The largest absolute Gasteiger partial charge is 0.381 e. The fourth-order valence-electron chi connectivity index (χ4n) is 6.13. The van der Waals surface area contributed by atoms with Gasteiger partial charge in [-0.15, -0.1) is 0 Å². The van der Waals surface area contributed by atoms with Crippen molar-refractivity contribution in [3.8, 4) is 28.7 Å². The molecule has 2 saturated heterocycles. The SMILES string of the molecule is N#Cc1ccccc1-c1nc(N)c2nc(Cc3c(F)cccc3CN3CCN4C(=O)CCC4C3)nn2c1-c1ccncn1. The van der Waals surface area contributed by atoms with E-state index in [9.17, 15) is 10.1 Å². The van der Waals surface area contributed by atoms with E-state index in [0.717, 1.165) is 25.1 Å². The van der Waals surface area contributed by atoms with E-state index in [0.29, 0.717) is 64.8 Å². The molecule has 2 aromatic carbocycles. The van der Waals surface area contributed by atoms with Gasteiger partial charge >= 0.3 is 0 Å². The normalized spacial score (nSPS) is 16.9. The van der Waals surface area contributed by atoms with Crippen LogP contribution in [0.3, 0.4) is 0 Å². The molecule has 12 heteroatoms. The highest BCUT2D eigenvalue weighted by Gasteiger charge is 2.35. The third-order valence-corrected chi connectivity index (χ3v) is 8.20. The highest BCUT2D eigenvalue weighted by molar-refractivity contribution is 5.83. The number of carbonyl (C=O) groups excluding carboxylic acids is 1. The summed E-state index contributed by atoms with van der Waals surface area (Å²) in [5.41, 5.74) is 10.5. The summed E-state index contributed by atoms with van der Waals surface area (Å²) in [6, 6.07) is 16.3. The van der Waals surface area contributed by atoms with Crippen molar-refractivity contribution >= 4 is 17.4 Å². The van der Waals surface area contributed by atoms with E-state index >= 15 is 4.39 Å². The van der Waals surface area contributed by atoms with Gasteiger partial charge in [0.2, 0.25) is 5.91 Å². The van der Waals surface area contributed by atoms with Crippen molar-refractivity contribution in [1.82, 2.24) is 39.3 Å². The van der Waals surface area contributed by atoms with Crippen molar-refractivity contribution < 1.29 is 9.18 Å². The van der Waals surface area contributed by atoms with Crippen LogP contribution in [-0.4, -0.2) is 70.9 Å². The lowest BCUT2D eigenvalue weighted by atomic mass is 10.0. The zero-order valence-electron chi connectivity index (χ0n) is 23.2. The standard InChI is InChI=1S/C31H27FN10O/c32-24-7-3-5-20(16-40-12-13-41-21(17-40)8-9-27(41)43)23(24)14-26-37-31-30(34)38-28(22-6-2-1-4-19(22)15-33)29(42(31)39-26)25-10-11-35-18-36-25/h1-7,10-11,18,21H,8-9,12-14,16-17H2,(H2,34,38). The van der Waals surface area contributed by atoms with Crippen LogP contribution in [0.15, 0.2) is 61.1 Å². The lowest BCUT2D eigenvalue weighted by Crippen LogP contribution is -2.51. The molecular weight excluding hydrogens is 547 g/mol. The quantitative estimate of drug-likeness (QED) is 0.323. The average molecular weight is 575 g/mol. The first-order valence-electron chi connectivity index (χ1n) is 14.1. The molecule has 2 N–H and O–H groups in total. The number of fused-ring (bicyclic) bond motifs is 2. The van der Waals surface area contributed by atoms with E-state index in [-0.39, 0.29) is 30.0 Å². The molecule has 1 amide bonds. The molecule has 2 fully saturated rings. The molecule has 2 aliphatic heterocycles. The molecule has 1 atom stereocenters. The summed E-state index contributed by atoms with van der Waals surface area (Å²) in [7, 11) is 0. The summed E-state index contributed by atoms with van der Waals surface area (Å²) in [5.74, 6) is 0.379. The zero-order valence-corrected chi connectivity index (χ0v) is 23.2. The molecule has 0 bridgehead atoms. The van der Waals surface area contributed by atoms with Gasteiger partial charge in [-0.1, -0.05) is 30.3 Å². The van der Waals surface area contributed by atoms with E-state index in [1.165, 1.54) is 12.4 Å². The molecule has 0 radical (unpaired) electrons. The summed E-state index contributed by atoms with van der Waals surface area (Å²) in [4.78, 5) is 34.2. The summed E-state index contributed by atoms with van der Waals surface area (Å²) < 4.78 is 17.0. The number of anilines is 1. The molecule has 2 aliphatic rings. The Balaban J connectivity index is 1.28. The Morgan fingerprint density at radius 2 is 1.98 bits per heavy atom. The Morgan fingerprint density at radius 1 is 1.09 bits per heavy atom. The molecule has 1 unspecified atom stereocenters. The minimum Gasteiger partial charge on any atom is -0.381 e. The molecule has 7 rings (SSSR count). The maximum absolute atomic E-state index is 15.4. The van der Waals surface area contributed by atoms with E-state index in [1.54, 1.807) is 41.0 Å². The van der Waals surface area contributed by atoms with Crippen LogP contribution in [0.4, 0.5) is 10.2 Å². The van der Waals surface area contributed by atoms with Gasteiger partial charge < -0.3 is 10.6 Å². The first kappa shape index (κ1) is 26.6. The van der Waals surface area contributed by atoms with E-state index in [2.05, 4.69) is 30.9 Å². The third kappa shape index (κ3) is 4.83. The topological polar surface area (TPSA) is 142 Å². The van der Waals surface area contributed by atoms with Crippen LogP contribution in [-0.2, 0) is 17.8 Å². The van der Waals surface area contributed by atoms with Gasteiger partial charge in [0.15, 0.2) is 17.3 Å². The highest BCUT2D eigenvalue weighted by atomic mass is 19.1. The number of nitrogen functional groups attached to an aromatic ring is 1. The fourth-order valence-corrected chi connectivity index (χ4v) is 6.13. The number of rotatable bonds is 6. The zero-order chi connectivity index (χ0) is 29.5. The second kappa shape index (κ2) is 10.8. The van der Waals surface area contributed by atoms with Crippen molar-refractivity contribution in [2.24, 2.45) is 0 Å². The fraction of sp³-hybridized carbons (Fsp3) is 0.258. The molecule has 5 heterocycles. The van der Waals surface area contributed by atoms with Gasteiger partial charge in [0.1, 0.15) is 23.5 Å². The van der Waals surface area contributed by atoms with Gasteiger partial charge in [0.05, 0.1) is 17.3 Å². The molecule has 214 valence electrons. The van der Waals surface area contributed by atoms with E-state index in [1.807, 2.05) is 17.0 Å². The van der Waals surface area contributed by atoms with Gasteiger partial charge in [-0.05, 0) is 35.7 Å². The number of carbonyl (C=O) groups is 1. The Bertz CT molecular complexity index is 1900. The van der Waals surface area contributed by atoms with E-state index in [4.69, 9.17) is 10.8 Å². The summed E-state index contributed by atoms with van der Waals surface area (Å²) in [6.45, 7) is 2.76. The number of piperazine rings is 1. The highest BCUT2D eigenvalue weighted by Crippen LogP contribution is 2.34. The van der Waals surface area contributed by atoms with Crippen LogP contribution in [0, 0.1) is 17.1 Å². The molecule has 11 nitrogen and oxygen atoms in total. The third-order valence-electron chi connectivity index (χ3n) is 8.20. The molecule has 43 heavy (non-hydrogen) atoms. The number of nitrogens with two attached hydrogens (primary N) is 1. The van der Waals surface area contributed by atoms with Crippen molar-refractivity contribution in [3.05, 3.63) is 89.4 Å². The summed E-state index contributed by atoms with van der Waals surface area (Å²) in [5, 5.41) is 14.6. The van der Waals surface area contributed by atoms with Crippen LogP contribution in [0.2, 0.25) is 0 Å². The van der Waals surface area contributed by atoms with Gasteiger partial charge in [-0.25, -0.2) is 28.8 Å². The minimum absolute atomic E-state index is 0.122. The first-order chi connectivity index (χ1) is 21.0. The van der Waals surface area contributed by atoms with Gasteiger partial charge in [0.25, 0.3) is 0 Å². The van der Waals surface area contributed by atoms with Crippen LogP contribution in [0.25, 0.3) is 28.3 Å². The number of hydrogen-bond acceptors (Lipinski definition) is 9. The Morgan fingerprint density at radius 3 is 2.81 bits per heavy atom. The number of halogens is 1. The van der Waals surface area contributed by atoms with Crippen molar-refractivity contribution in [3.63, 3.8) is 0 Å². The molecule has 5 aromatic rings. The molecular formula is C31H27FN10O. The van der Waals surface area contributed by atoms with Gasteiger partial charge in [0, 0.05) is 56.8 Å². The van der Waals surface area contributed by atoms with Crippen LogP contribution < -0.4 is 5.73 Å². The lowest BCUT2D eigenvalue weighted by molar-refractivity contribution is -0.130. The van der Waals surface area contributed by atoms with Gasteiger partial charge in [-0.3, -0.25) is 9.69 Å².